The topological polar surface area (TPSA) is 18.5 Å². The van der Waals surface area contributed by atoms with Crippen LogP contribution in [-0.2, 0) is 0 Å². The van der Waals surface area contributed by atoms with Crippen LogP contribution in [0.5, 0.6) is 0 Å². The molecule has 0 radical (unpaired) electrons. The van der Waals surface area contributed by atoms with Gasteiger partial charge in [-0.2, -0.15) is 0 Å². The molecular formula is C17H35N3. The van der Waals surface area contributed by atoms with E-state index in [1.54, 1.807) is 0 Å². The SMILES string of the molecule is CCNC(CN1CCN(C)C(C)(C)C1)C1CCCCC1. The van der Waals surface area contributed by atoms with Crippen molar-refractivity contribution in [2.24, 2.45) is 5.92 Å². The molecule has 2 rings (SSSR count). The highest BCUT2D eigenvalue weighted by molar-refractivity contribution is 4.91. The monoisotopic (exact) mass is 281 g/mol. The minimum atomic E-state index is 0.321. The zero-order valence-electron chi connectivity index (χ0n) is 14.1. The highest BCUT2D eigenvalue weighted by Gasteiger charge is 2.33. The lowest BCUT2D eigenvalue weighted by atomic mass is 9.83. The smallest absolute Gasteiger partial charge is 0.0277 e. The summed E-state index contributed by atoms with van der Waals surface area (Å²) >= 11 is 0. The van der Waals surface area contributed by atoms with Crippen molar-refractivity contribution in [1.82, 2.24) is 15.1 Å². The highest BCUT2D eigenvalue weighted by Crippen LogP contribution is 2.28. The molecule has 1 N–H and O–H groups in total. The first kappa shape index (κ1) is 16.3. The molecule has 20 heavy (non-hydrogen) atoms. The van der Waals surface area contributed by atoms with Crippen LogP contribution in [0.25, 0.3) is 0 Å². The summed E-state index contributed by atoms with van der Waals surface area (Å²) in [5.41, 5.74) is 0.321. The van der Waals surface area contributed by atoms with Gasteiger partial charge < -0.3 is 5.32 Å². The fourth-order valence-electron chi connectivity index (χ4n) is 3.95. The fraction of sp³-hybridized carbons (Fsp3) is 1.00. The maximum absolute atomic E-state index is 3.78. The maximum atomic E-state index is 3.78. The van der Waals surface area contributed by atoms with Gasteiger partial charge in [0.05, 0.1) is 0 Å². The van der Waals surface area contributed by atoms with E-state index in [1.807, 2.05) is 0 Å². The number of likely N-dealkylation sites (N-methyl/N-ethyl adjacent to an activating group) is 2. The summed E-state index contributed by atoms with van der Waals surface area (Å²) in [6.07, 6.45) is 7.22. The van der Waals surface area contributed by atoms with Crippen LogP contribution in [0.15, 0.2) is 0 Å². The Kier molecular flexibility index (Phi) is 5.88. The van der Waals surface area contributed by atoms with Crippen molar-refractivity contribution in [3.8, 4) is 0 Å². The molecule has 0 aromatic carbocycles. The lowest BCUT2D eigenvalue weighted by Gasteiger charge is -2.47. The molecular weight excluding hydrogens is 246 g/mol. The Morgan fingerprint density at radius 1 is 1.15 bits per heavy atom. The van der Waals surface area contributed by atoms with Crippen LogP contribution in [0.2, 0.25) is 0 Å². The average molecular weight is 281 g/mol. The van der Waals surface area contributed by atoms with Crippen molar-refractivity contribution in [1.29, 1.82) is 0 Å². The van der Waals surface area contributed by atoms with Gasteiger partial charge in [0.1, 0.15) is 0 Å². The largest absolute Gasteiger partial charge is 0.313 e. The Bertz CT molecular complexity index is 284. The molecule has 1 saturated heterocycles. The minimum Gasteiger partial charge on any atom is -0.313 e. The third-order valence-electron chi connectivity index (χ3n) is 5.54. The van der Waals surface area contributed by atoms with E-state index in [0.29, 0.717) is 11.6 Å². The molecule has 3 heteroatoms. The average Bonchev–Trinajstić information content (AvgIpc) is 2.43. The minimum absolute atomic E-state index is 0.321. The van der Waals surface area contributed by atoms with E-state index < -0.39 is 0 Å². The molecule has 1 aliphatic heterocycles. The third kappa shape index (κ3) is 4.19. The van der Waals surface area contributed by atoms with Gasteiger partial charge in [-0.05, 0) is 46.2 Å². The van der Waals surface area contributed by atoms with Crippen molar-refractivity contribution >= 4 is 0 Å². The van der Waals surface area contributed by atoms with Crippen LogP contribution in [0.4, 0.5) is 0 Å². The zero-order valence-corrected chi connectivity index (χ0v) is 14.1. The van der Waals surface area contributed by atoms with E-state index in [-0.39, 0.29) is 0 Å². The Morgan fingerprint density at radius 3 is 2.45 bits per heavy atom. The quantitative estimate of drug-likeness (QED) is 0.835. The second-order valence-corrected chi connectivity index (χ2v) is 7.53. The third-order valence-corrected chi connectivity index (χ3v) is 5.54. The first-order valence-electron chi connectivity index (χ1n) is 8.70. The lowest BCUT2D eigenvalue weighted by Crippen LogP contribution is -2.60. The van der Waals surface area contributed by atoms with Crippen molar-refractivity contribution < 1.29 is 0 Å². The van der Waals surface area contributed by atoms with E-state index in [9.17, 15) is 0 Å². The van der Waals surface area contributed by atoms with Gasteiger partial charge in [0, 0.05) is 37.8 Å². The molecule has 0 spiro atoms. The number of nitrogens with zero attached hydrogens (tertiary/aromatic N) is 2. The van der Waals surface area contributed by atoms with Crippen LogP contribution in [0.1, 0.15) is 52.9 Å². The predicted molar refractivity (Wildman–Crippen MR) is 87.2 cm³/mol. The Labute approximate surface area is 126 Å². The Balaban J connectivity index is 1.90. The number of hydrogen-bond donors (Lipinski definition) is 1. The van der Waals surface area contributed by atoms with Gasteiger partial charge in [0.25, 0.3) is 0 Å². The lowest BCUT2D eigenvalue weighted by molar-refractivity contribution is 0.0298. The summed E-state index contributed by atoms with van der Waals surface area (Å²) in [4.78, 5) is 5.20. The summed E-state index contributed by atoms with van der Waals surface area (Å²) in [7, 11) is 2.26. The molecule has 1 saturated carbocycles. The van der Waals surface area contributed by atoms with Gasteiger partial charge >= 0.3 is 0 Å². The van der Waals surface area contributed by atoms with Gasteiger partial charge in [-0.25, -0.2) is 0 Å². The predicted octanol–water partition coefficient (Wildman–Crippen LogP) is 2.57. The molecule has 118 valence electrons. The van der Waals surface area contributed by atoms with E-state index in [4.69, 9.17) is 0 Å². The standard InChI is InChI=1S/C17H35N3/c1-5-18-16(15-9-7-6-8-10-15)13-20-12-11-19(4)17(2,3)14-20/h15-16,18H,5-14H2,1-4H3. The van der Waals surface area contributed by atoms with Crippen LogP contribution < -0.4 is 5.32 Å². The van der Waals surface area contributed by atoms with E-state index in [2.05, 4.69) is 42.9 Å². The molecule has 2 fully saturated rings. The maximum Gasteiger partial charge on any atom is 0.0277 e. The molecule has 0 bridgehead atoms. The highest BCUT2D eigenvalue weighted by atomic mass is 15.3. The summed E-state index contributed by atoms with van der Waals surface area (Å²) in [5.74, 6) is 0.909. The van der Waals surface area contributed by atoms with Gasteiger partial charge in [-0.3, -0.25) is 9.80 Å². The molecule has 1 atom stereocenters. The Morgan fingerprint density at radius 2 is 1.85 bits per heavy atom. The number of rotatable bonds is 5. The second kappa shape index (κ2) is 7.24. The van der Waals surface area contributed by atoms with Crippen molar-refractivity contribution in [2.75, 3.05) is 39.8 Å². The van der Waals surface area contributed by atoms with E-state index in [0.717, 1.165) is 12.5 Å². The van der Waals surface area contributed by atoms with Crippen molar-refractivity contribution in [2.45, 2.75) is 64.5 Å². The fourth-order valence-corrected chi connectivity index (χ4v) is 3.95. The zero-order chi connectivity index (χ0) is 14.6. The summed E-state index contributed by atoms with van der Waals surface area (Å²) in [6, 6.07) is 0.708. The molecule has 3 nitrogen and oxygen atoms in total. The summed E-state index contributed by atoms with van der Waals surface area (Å²) < 4.78 is 0. The summed E-state index contributed by atoms with van der Waals surface area (Å²) in [6.45, 7) is 13.0. The van der Waals surface area contributed by atoms with Gasteiger partial charge in [-0.15, -0.1) is 0 Å². The van der Waals surface area contributed by atoms with Gasteiger partial charge in [-0.1, -0.05) is 26.2 Å². The van der Waals surface area contributed by atoms with Gasteiger partial charge in [0.2, 0.25) is 0 Å². The number of hydrogen-bond acceptors (Lipinski definition) is 3. The van der Waals surface area contributed by atoms with Crippen molar-refractivity contribution in [3.05, 3.63) is 0 Å². The molecule has 0 aromatic rings. The molecule has 1 aliphatic carbocycles. The number of nitrogens with one attached hydrogen (secondary N) is 1. The van der Waals surface area contributed by atoms with E-state index >= 15 is 0 Å². The second-order valence-electron chi connectivity index (χ2n) is 7.53. The molecule has 0 amide bonds. The van der Waals surface area contributed by atoms with E-state index in [1.165, 1.54) is 58.3 Å². The first-order valence-corrected chi connectivity index (χ1v) is 8.70. The van der Waals surface area contributed by atoms with Crippen molar-refractivity contribution in [3.63, 3.8) is 0 Å². The first-order chi connectivity index (χ1) is 9.53. The van der Waals surface area contributed by atoms with Gasteiger partial charge in [0.15, 0.2) is 0 Å². The Hall–Kier alpha value is -0.120. The van der Waals surface area contributed by atoms with Crippen LogP contribution >= 0.6 is 0 Å². The van der Waals surface area contributed by atoms with Crippen LogP contribution in [0.3, 0.4) is 0 Å². The molecule has 2 aliphatic rings. The summed E-state index contributed by atoms with van der Waals surface area (Å²) in [5, 5.41) is 3.78. The molecule has 1 unspecified atom stereocenters. The van der Waals surface area contributed by atoms with Crippen LogP contribution in [0, 0.1) is 5.92 Å². The molecule has 0 aromatic heterocycles. The number of piperazine rings is 1. The molecule has 1 heterocycles. The normalized spacial score (nSPS) is 27.6. The van der Waals surface area contributed by atoms with Crippen LogP contribution in [-0.4, -0.2) is 61.2 Å².